The lowest BCUT2D eigenvalue weighted by Crippen LogP contribution is -2.31. The molecule has 0 aliphatic heterocycles. The van der Waals surface area contributed by atoms with E-state index in [0.29, 0.717) is 16.3 Å². The highest BCUT2D eigenvalue weighted by atomic mass is 35.5. The van der Waals surface area contributed by atoms with Gasteiger partial charge in [0.1, 0.15) is 0 Å². The number of benzene rings is 3. The average Bonchev–Trinajstić information content (AvgIpc) is 3.31. The van der Waals surface area contributed by atoms with Crippen molar-refractivity contribution in [1.82, 2.24) is 14.1 Å². The Balaban J connectivity index is 1.82. The number of aliphatic hydroxyl groups is 1. The van der Waals surface area contributed by atoms with Crippen LogP contribution in [0.3, 0.4) is 0 Å². The van der Waals surface area contributed by atoms with Gasteiger partial charge >= 0.3 is 0 Å². The first-order valence-corrected chi connectivity index (χ1v) is 11.9. The molecule has 1 atom stereocenters. The Morgan fingerprint density at radius 3 is 2.37 bits per heavy atom. The van der Waals surface area contributed by atoms with E-state index in [4.69, 9.17) is 11.6 Å². The quantitative estimate of drug-likeness (QED) is 0.362. The van der Waals surface area contributed by atoms with Gasteiger partial charge in [-0.3, -0.25) is 4.79 Å². The fourth-order valence-corrected chi connectivity index (χ4v) is 4.92. The summed E-state index contributed by atoms with van der Waals surface area (Å²) in [6.07, 6.45) is 4.29. The Labute approximate surface area is 208 Å². The molecule has 2 aromatic heterocycles. The molecule has 2 heterocycles. The summed E-state index contributed by atoms with van der Waals surface area (Å²) >= 11 is 6.28. The third-order valence-corrected chi connectivity index (χ3v) is 7.00. The summed E-state index contributed by atoms with van der Waals surface area (Å²) in [6, 6.07) is 22.8. The molecule has 0 saturated carbocycles. The zero-order valence-corrected chi connectivity index (χ0v) is 20.6. The van der Waals surface area contributed by atoms with Crippen molar-refractivity contribution < 1.29 is 5.11 Å². The van der Waals surface area contributed by atoms with Crippen LogP contribution in [0.2, 0.25) is 5.02 Å². The van der Waals surface area contributed by atoms with Gasteiger partial charge in [0.2, 0.25) is 0 Å². The molecule has 5 aromatic rings. The number of aryl methyl sites for hydroxylation is 3. The van der Waals surface area contributed by atoms with Gasteiger partial charge in [-0.15, -0.1) is 0 Å². The van der Waals surface area contributed by atoms with Gasteiger partial charge in [0.25, 0.3) is 5.56 Å². The second-order valence-corrected chi connectivity index (χ2v) is 9.28. The topological polar surface area (TPSA) is 60.0 Å². The summed E-state index contributed by atoms with van der Waals surface area (Å²) < 4.78 is 3.45. The van der Waals surface area contributed by atoms with Crippen LogP contribution in [0.25, 0.3) is 22.0 Å². The fourth-order valence-electron chi connectivity index (χ4n) is 4.73. The van der Waals surface area contributed by atoms with Crippen LogP contribution in [-0.2, 0) is 26.1 Å². The Hall–Kier alpha value is -3.67. The van der Waals surface area contributed by atoms with Crippen LogP contribution in [0.1, 0.15) is 29.3 Å². The normalized spacial score (nSPS) is 13.2. The van der Waals surface area contributed by atoms with Crippen molar-refractivity contribution in [2.75, 3.05) is 0 Å². The molecule has 0 amide bonds. The highest BCUT2D eigenvalue weighted by molar-refractivity contribution is 6.30. The summed E-state index contributed by atoms with van der Waals surface area (Å²) in [4.78, 5) is 17.1. The lowest BCUT2D eigenvalue weighted by atomic mass is 9.82. The minimum atomic E-state index is -1.45. The van der Waals surface area contributed by atoms with E-state index < -0.39 is 5.60 Å². The van der Waals surface area contributed by atoms with Crippen molar-refractivity contribution in [3.05, 3.63) is 123 Å². The Morgan fingerprint density at radius 1 is 0.971 bits per heavy atom. The van der Waals surface area contributed by atoms with E-state index in [1.165, 1.54) is 5.56 Å². The zero-order chi connectivity index (χ0) is 24.7. The van der Waals surface area contributed by atoms with E-state index in [1.807, 2.05) is 72.3 Å². The molecule has 0 spiro atoms. The summed E-state index contributed by atoms with van der Waals surface area (Å²) in [5.74, 6) is 0. The minimum absolute atomic E-state index is 0.114. The predicted octanol–water partition coefficient (Wildman–Crippen LogP) is 5.44. The molecule has 0 fully saturated rings. The van der Waals surface area contributed by atoms with Crippen molar-refractivity contribution in [1.29, 1.82) is 0 Å². The molecule has 35 heavy (non-hydrogen) atoms. The van der Waals surface area contributed by atoms with Crippen LogP contribution < -0.4 is 5.56 Å². The summed E-state index contributed by atoms with van der Waals surface area (Å²) in [7, 11) is 3.62. The molecule has 0 bridgehead atoms. The van der Waals surface area contributed by atoms with E-state index in [2.05, 4.69) is 11.9 Å². The highest BCUT2D eigenvalue weighted by Gasteiger charge is 2.37. The van der Waals surface area contributed by atoms with Crippen LogP contribution in [0.5, 0.6) is 0 Å². The molecule has 5 nitrogen and oxygen atoms in total. The minimum Gasteiger partial charge on any atom is -0.374 e. The molecule has 1 unspecified atom stereocenters. The molecule has 0 aliphatic rings. The summed E-state index contributed by atoms with van der Waals surface area (Å²) in [6.45, 7) is 2.10. The van der Waals surface area contributed by atoms with E-state index in [-0.39, 0.29) is 5.56 Å². The molecule has 6 heteroatoms. The number of rotatable bonds is 5. The second-order valence-electron chi connectivity index (χ2n) is 8.85. The standard InChI is InChI=1S/C29H26ClN3O2/c1-4-19-8-10-21(11-9-19)29(35,27-17-31-18-32(27)2)22-12-13-26-25(15-22)24(16-28(34)33(26)3)20-6-5-7-23(30)14-20/h5-18,35H,4H2,1-3H3. The van der Waals surface area contributed by atoms with Gasteiger partial charge in [0, 0.05) is 30.6 Å². The molecule has 0 aliphatic carbocycles. The smallest absolute Gasteiger partial charge is 0.251 e. The number of fused-ring (bicyclic) bond motifs is 1. The molecule has 0 saturated heterocycles. The SMILES string of the molecule is CCc1ccc(C(O)(c2ccc3c(c2)c(-c2cccc(Cl)c2)cc(=O)n3C)c2cncn2C)cc1. The van der Waals surface area contributed by atoms with Crippen LogP contribution in [0, 0.1) is 0 Å². The van der Waals surface area contributed by atoms with Crippen LogP contribution >= 0.6 is 11.6 Å². The van der Waals surface area contributed by atoms with Gasteiger partial charge in [-0.05, 0) is 58.5 Å². The second kappa shape index (κ2) is 8.84. The van der Waals surface area contributed by atoms with Gasteiger partial charge in [-0.1, -0.05) is 61.0 Å². The van der Waals surface area contributed by atoms with Gasteiger partial charge in [0.05, 0.1) is 23.7 Å². The maximum atomic E-state index is 12.8. The van der Waals surface area contributed by atoms with Crippen molar-refractivity contribution >= 4 is 22.5 Å². The first-order chi connectivity index (χ1) is 16.8. The fraction of sp³-hybridized carbons (Fsp3) is 0.172. The Morgan fingerprint density at radius 2 is 1.71 bits per heavy atom. The molecule has 1 N–H and O–H groups in total. The number of aromatic nitrogens is 3. The number of halogens is 1. The predicted molar refractivity (Wildman–Crippen MR) is 141 cm³/mol. The lowest BCUT2D eigenvalue weighted by molar-refractivity contribution is 0.117. The third-order valence-electron chi connectivity index (χ3n) is 6.77. The molecule has 3 aromatic carbocycles. The Bertz CT molecular complexity index is 1600. The number of hydrogen-bond acceptors (Lipinski definition) is 3. The van der Waals surface area contributed by atoms with Crippen molar-refractivity contribution in [3.63, 3.8) is 0 Å². The van der Waals surface area contributed by atoms with E-state index in [1.54, 1.807) is 36.3 Å². The van der Waals surface area contributed by atoms with Gasteiger partial charge in [-0.25, -0.2) is 4.98 Å². The summed E-state index contributed by atoms with van der Waals surface area (Å²) in [5, 5.41) is 13.8. The highest BCUT2D eigenvalue weighted by Crippen LogP contribution is 2.39. The van der Waals surface area contributed by atoms with Crippen molar-refractivity contribution in [3.8, 4) is 11.1 Å². The molecule has 5 rings (SSSR count). The average molecular weight is 484 g/mol. The molecule has 0 radical (unpaired) electrons. The number of hydrogen-bond donors (Lipinski definition) is 1. The number of pyridine rings is 1. The van der Waals surface area contributed by atoms with Crippen LogP contribution in [0.4, 0.5) is 0 Å². The first-order valence-electron chi connectivity index (χ1n) is 11.5. The van der Waals surface area contributed by atoms with Crippen LogP contribution in [-0.4, -0.2) is 19.2 Å². The van der Waals surface area contributed by atoms with E-state index in [9.17, 15) is 9.90 Å². The molecule has 176 valence electrons. The Kier molecular flexibility index (Phi) is 5.83. The van der Waals surface area contributed by atoms with Gasteiger partial charge in [-0.2, -0.15) is 0 Å². The van der Waals surface area contributed by atoms with E-state index >= 15 is 0 Å². The number of imidazole rings is 1. The third kappa shape index (κ3) is 3.87. The first kappa shape index (κ1) is 23.1. The zero-order valence-electron chi connectivity index (χ0n) is 19.9. The monoisotopic (exact) mass is 483 g/mol. The van der Waals surface area contributed by atoms with E-state index in [0.717, 1.165) is 34.0 Å². The lowest BCUT2D eigenvalue weighted by Gasteiger charge is -2.30. The largest absolute Gasteiger partial charge is 0.374 e. The van der Waals surface area contributed by atoms with Crippen molar-refractivity contribution in [2.24, 2.45) is 14.1 Å². The number of nitrogens with zero attached hydrogens (tertiary/aromatic N) is 3. The molecular weight excluding hydrogens is 458 g/mol. The van der Waals surface area contributed by atoms with Crippen molar-refractivity contribution in [2.45, 2.75) is 18.9 Å². The van der Waals surface area contributed by atoms with Gasteiger partial charge < -0.3 is 14.2 Å². The molecular formula is C29H26ClN3O2. The maximum absolute atomic E-state index is 12.8. The van der Waals surface area contributed by atoms with Gasteiger partial charge in [0.15, 0.2) is 5.60 Å². The maximum Gasteiger partial charge on any atom is 0.251 e. The van der Waals surface area contributed by atoms with Crippen LogP contribution in [0.15, 0.2) is 90.1 Å². The summed E-state index contributed by atoms with van der Waals surface area (Å²) in [5.41, 5.74) is 4.07.